The first kappa shape index (κ1) is 15.0. The monoisotopic (exact) mass is 256 g/mol. The summed E-state index contributed by atoms with van der Waals surface area (Å²) in [5, 5.41) is 14.9. The molecule has 1 atom stereocenters. The Bertz CT molecular complexity index is 277. The van der Waals surface area contributed by atoms with Gasteiger partial charge in [-0.3, -0.25) is 9.59 Å². The molecule has 1 rings (SSSR count). The molecule has 1 saturated carbocycles. The van der Waals surface area contributed by atoms with E-state index in [-0.39, 0.29) is 5.91 Å². The maximum absolute atomic E-state index is 11.4. The Kier molecular flexibility index (Phi) is 6.72. The van der Waals surface area contributed by atoms with Crippen LogP contribution in [0.5, 0.6) is 0 Å². The standard InChI is InChI=1S/C13H24N2O3/c1-2-3-5-11(13(17)18)14-9-4-6-12(16)15-10-7-8-10/h10-11,14H,2-9H2,1H3,(H,15,16)(H,17,18). The van der Waals surface area contributed by atoms with E-state index in [9.17, 15) is 9.59 Å². The molecule has 1 aliphatic carbocycles. The van der Waals surface area contributed by atoms with Gasteiger partial charge in [-0.05, 0) is 32.2 Å². The third kappa shape index (κ3) is 6.59. The van der Waals surface area contributed by atoms with Crippen molar-refractivity contribution in [1.29, 1.82) is 0 Å². The molecule has 1 aliphatic rings. The predicted molar refractivity (Wildman–Crippen MR) is 69.4 cm³/mol. The topological polar surface area (TPSA) is 78.4 Å². The van der Waals surface area contributed by atoms with Gasteiger partial charge in [0.1, 0.15) is 6.04 Å². The van der Waals surface area contributed by atoms with E-state index >= 15 is 0 Å². The molecule has 3 N–H and O–H groups in total. The van der Waals surface area contributed by atoms with Crippen molar-refractivity contribution < 1.29 is 14.7 Å². The minimum atomic E-state index is -0.800. The zero-order valence-electron chi connectivity index (χ0n) is 11.1. The fourth-order valence-corrected chi connectivity index (χ4v) is 1.77. The number of carboxylic acid groups (broad SMARTS) is 1. The molecular formula is C13H24N2O3. The molecule has 0 aromatic rings. The van der Waals surface area contributed by atoms with Gasteiger partial charge >= 0.3 is 5.97 Å². The van der Waals surface area contributed by atoms with Gasteiger partial charge in [-0.2, -0.15) is 0 Å². The Morgan fingerprint density at radius 2 is 2.06 bits per heavy atom. The highest BCUT2D eigenvalue weighted by atomic mass is 16.4. The van der Waals surface area contributed by atoms with Crippen LogP contribution in [0.4, 0.5) is 0 Å². The summed E-state index contributed by atoms with van der Waals surface area (Å²) in [6.07, 6.45) is 5.92. The number of carbonyl (C=O) groups excluding carboxylic acids is 1. The summed E-state index contributed by atoms with van der Waals surface area (Å²) >= 11 is 0. The molecule has 0 saturated heterocycles. The molecule has 0 bridgehead atoms. The summed E-state index contributed by atoms with van der Waals surface area (Å²) < 4.78 is 0. The minimum absolute atomic E-state index is 0.0831. The summed E-state index contributed by atoms with van der Waals surface area (Å²) in [6, 6.07) is -0.0711. The first-order valence-corrected chi connectivity index (χ1v) is 6.89. The average Bonchev–Trinajstić information content (AvgIpc) is 3.11. The minimum Gasteiger partial charge on any atom is -0.480 e. The van der Waals surface area contributed by atoms with E-state index < -0.39 is 12.0 Å². The Morgan fingerprint density at radius 3 is 2.61 bits per heavy atom. The van der Waals surface area contributed by atoms with E-state index in [0.29, 0.717) is 31.8 Å². The Morgan fingerprint density at radius 1 is 1.33 bits per heavy atom. The van der Waals surface area contributed by atoms with E-state index in [1.54, 1.807) is 0 Å². The lowest BCUT2D eigenvalue weighted by molar-refractivity contribution is -0.139. The number of rotatable bonds is 10. The van der Waals surface area contributed by atoms with Crippen LogP contribution in [-0.2, 0) is 9.59 Å². The van der Waals surface area contributed by atoms with Gasteiger partial charge in [0.15, 0.2) is 0 Å². The summed E-state index contributed by atoms with van der Waals surface area (Å²) in [6.45, 7) is 2.62. The van der Waals surface area contributed by atoms with Gasteiger partial charge in [-0.15, -0.1) is 0 Å². The maximum atomic E-state index is 11.4. The number of hydrogen-bond acceptors (Lipinski definition) is 3. The van der Waals surface area contributed by atoms with Crippen molar-refractivity contribution >= 4 is 11.9 Å². The van der Waals surface area contributed by atoms with Crippen LogP contribution < -0.4 is 10.6 Å². The van der Waals surface area contributed by atoms with Crippen molar-refractivity contribution in [3.8, 4) is 0 Å². The van der Waals surface area contributed by atoms with E-state index in [2.05, 4.69) is 10.6 Å². The largest absolute Gasteiger partial charge is 0.480 e. The van der Waals surface area contributed by atoms with Crippen LogP contribution in [0.2, 0.25) is 0 Å². The molecule has 0 heterocycles. The lowest BCUT2D eigenvalue weighted by atomic mass is 10.1. The number of aliphatic carboxylic acids is 1. The van der Waals surface area contributed by atoms with Crippen molar-refractivity contribution in [3.63, 3.8) is 0 Å². The van der Waals surface area contributed by atoms with Crippen LogP contribution in [0.25, 0.3) is 0 Å². The molecule has 0 aliphatic heterocycles. The van der Waals surface area contributed by atoms with Crippen molar-refractivity contribution in [2.75, 3.05) is 6.54 Å². The number of hydrogen-bond donors (Lipinski definition) is 3. The molecule has 1 amide bonds. The highest BCUT2D eigenvalue weighted by Crippen LogP contribution is 2.18. The SMILES string of the molecule is CCCCC(NCCCC(=O)NC1CC1)C(=O)O. The average molecular weight is 256 g/mol. The van der Waals surface area contributed by atoms with Crippen LogP contribution in [0, 0.1) is 0 Å². The number of unbranched alkanes of at least 4 members (excludes halogenated alkanes) is 1. The molecule has 1 fully saturated rings. The molecule has 0 spiro atoms. The lowest BCUT2D eigenvalue weighted by Crippen LogP contribution is -2.37. The highest BCUT2D eigenvalue weighted by molar-refractivity contribution is 5.76. The molecule has 0 aromatic carbocycles. The van der Waals surface area contributed by atoms with Crippen molar-refractivity contribution in [2.45, 2.75) is 64.0 Å². The molecule has 5 heteroatoms. The first-order chi connectivity index (χ1) is 8.63. The van der Waals surface area contributed by atoms with Gasteiger partial charge in [0.2, 0.25) is 5.91 Å². The van der Waals surface area contributed by atoms with Gasteiger partial charge in [0.05, 0.1) is 0 Å². The smallest absolute Gasteiger partial charge is 0.320 e. The van der Waals surface area contributed by atoms with Gasteiger partial charge in [0, 0.05) is 12.5 Å². The van der Waals surface area contributed by atoms with Crippen LogP contribution in [0.3, 0.4) is 0 Å². The second-order valence-electron chi connectivity index (χ2n) is 4.93. The zero-order valence-corrected chi connectivity index (χ0v) is 11.1. The quantitative estimate of drug-likeness (QED) is 0.514. The number of amides is 1. The molecule has 104 valence electrons. The number of carbonyl (C=O) groups is 2. The van der Waals surface area contributed by atoms with Gasteiger partial charge in [-0.25, -0.2) is 0 Å². The van der Waals surface area contributed by atoms with E-state index in [0.717, 1.165) is 25.7 Å². The maximum Gasteiger partial charge on any atom is 0.320 e. The summed E-state index contributed by atoms with van der Waals surface area (Å²) in [5.41, 5.74) is 0. The third-order valence-electron chi connectivity index (χ3n) is 3.06. The molecule has 5 nitrogen and oxygen atoms in total. The molecule has 0 aromatic heterocycles. The zero-order chi connectivity index (χ0) is 13.4. The second kappa shape index (κ2) is 8.08. The fourth-order valence-electron chi connectivity index (χ4n) is 1.77. The van der Waals surface area contributed by atoms with Gasteiger partial charge in [0.25, 0.3) is 0 Å². The van der Waals surface area contributed by atoms with E-state index in [1.807, 2.05) is 6.92 Å². The predicted octanol–water partition coefficient (Wildman–Crippen LogP) is 1.28. The van der Waals surface area contributed by atoms with Crippen LogP contribution in [0.15, 0.2) is 0 Å². The van der Waals surface area contributed by atoms with Gasteiger partial charge in [-0.1, -0.05) is 19.8 Å². The van der Waals surface area contributed by atoms with Crippen LogP contribution in [0.1, 0.15) is 51.9 Å². The van der Waals surface area contributed by atoms with Crippen molar-refractivity contribution in [2.24, 2.45) is 0 Å². The molecular weight excluding hydrogens is 232 g/mol. The second-order valence-corrected chi connectivity index (χ2v) is 4.93. The number of nitrogens with one attached hydrogen (secondary N) is 2. The summed E-state index contributed by atoms with van der Waals surface area (Å²) in [5.74, 6) is -0.717. The summed E-state index contributed by atoms with van der Waals surface area (Å²) in [7, 11) is 0. The van der Waals surface area contributed by atoms with E-state index in [4.69, 9.17) is 5.11 Å². The Labute approximate surface area is 108 Å². The van der Waals surface area contributed by atoms with Crippen molar-refractivity contribution in [1.82, 2.24) is 10.6 Å². The third-order valence-corrected chi connectivity index (χ3v) is 3.06. The van der Waals surface area contributed by atoms with E-state index in [1.165, 1.54) is 0 Å². The normalized spacial score (nSPS) is 16.3. The molecule has 0 radical (unpaired) electrons. The number of carboxylic acids is 1. The highest BCUT2D eigenvalue weighted by Gasteiger charge is 2.22. The van der Waals surface area contributed by atoms with Crippen molar-refractivity contribution in [3.05, 3.63) is 0 Å². The molecule has 18 heavy (non-hydrogen) atoms. The Hall–Kier alpha value is -1.10. The van der Waals surface area contributed by atoms with Gasteiger partial charge < -0.3 is 15.7 Å². The Balaban J connectivity index is 2.05. The lowest BCUT2D eigenvalue weighted by Gasteiger charge is -2.13. The van der Waals surface area contributed by atoms with Crippen LogP contribution >= 0.6 is 0 Å². The fraction of sp³-hybridized carbons (Fsp3) is 0.846. The first-order valence-electron chi connectivity index (χ1n) is 6.89. The summed E-state index contributed by atoms with van der Waals surface area (Å²) in [4.78, 5) is 22.3. The molecule has 1 unspecified atom stereocenters. The van der Waals surface area contributed by atoms with Crippen LogP contribution in [-0.4, -0.2) is 35.6 Å².